The number of hydrogen-bond acceptors (Lipinski definition) is 3. The Kier molecular flexibility index (Phi) is 4.23. The average molecular weight is 294 g/mol. The van der Waals surface area contributed by atoms with Gasteiger partial charge in [-0.1, -0.05) is 6.07 Å². The van der Waals surface area contributed by atoms with Crippen LogP contribution in [0.1, 0.15) is 18.1 Å². The van der Waals surface area contributed by atoms with Crippen molar-refractivity contribution in [2.24, 2.45) is 0 Å². The number of hydrogen-bond donors (Lipinski definition) is 2. The largest absolute Gasteiger partial charge is 0.480 e. The van der Waals surface area contributed by atoms with Gasteiger partial charge in [-0.15, -0.1) is 11.8 Å². The molecule has 2 N–H and O–H groups in total. The first-order valence-corrected chi connectivity index (χ1v) is 7.46. The highest BCUT2D eigenvalue weighted by Gasteiger charge is 2.39. The van der Waals surface area contributed by atoms with E-state index >= 15 is 0 Å². The zero-order chi connectivity index (χ0) is 14.9. The number of nitrogens with one attached hydrogen (secondary N) is 1. The Morgan fingerprint density at radius 3 is 2.65 bits per heavy atom. The minimum atomic E-state index is -0.961. The van der Waals surface area contributed by atoms with E-state index in [9.17, 15) is 9.59 Å². The normalized spacial score (nSPS) is 21.9. The van der Waals surface area contributed by atoms with Gasteiger partial charge in [0.1, 0.15) is 6.04 Å². The van der Waals surface area contributed by atoms with Crippen molar-refractivity contribution < 1.29 is 14.7 Å². The smallest absolute Gasteiger partial charge is 0.327 e. The predicted octanol–water partition coefficient (Wildman–Crippen LogP) is 2.68. The number of urea groups is 1. The van der Waals surface area contributed by atoms with Gasteiger partial charge in [-0.25, -0.2) is 9.59 Å². The van der Waals surface area contributed by atoms with Gasteiger partial charge < -0.3 is 10.4 Å². The summed E-state index contributed by atoms with van der Waals surface area (Å²) in [6.45, 7) is 5.81. The van der Waals surface area contributed by atoms with Gasteiger partial charge in [0.25, 0.3) is 0 Å². The van der Waals surface area contributed by atoms with Crippen LogP contribution >= 0.6 is 11.8 Å². The third kappa shape index (κ3) is 2.90. The molecule has 0 saturated carbocycles. The fraction of sp³-hybridized carbons (Fsp3) is 0.429. The number of aliphatic carboxylic acids is 1. The molecule has 20 heavy (non-hydrogen) atoms. The van der Waals surface area contributed by atoms with E-state index in [-0.39, 0.29) is 11.4 Å². The van der Waals surface area contributed by atoms with Gasteiger partial charge in [0.2, 0.25) is 0 Å². The van der Waals surface area contributed by atoms with Crippen molar-refractivity contribution >= 4 is 29.4 Å². The molecule has 1 heterocycles. The standard InChI is InChI=1S/C14H18N2O3S/c1-8-4-5-11(6-9(8)2)15-14(19)16-10(3)20-7-12(16)13(17)18/h4-6,10,12H,7H2,1-3H3,(H,15,19)(H,17,18). The summed E-state index contributed by atoms with van der Waals surface area (Å²) in [6, 6.07) is 4.52. The lowest BCUT2D eigenvalue weighted by molar-refractivity contribution is -0.141. The summed E-state index contributed by atoms with van der Waals surface area (Å²) in [7, 11) is 0. The van der Waals surface area contributed by atoms with E-state index in [2.05, 4.69) is 5.32 Å². The van der Waals surface area contributed by atoms with Crippen LogP contribution in [0.2, 0.25) is 0 Å². The third-order valence-electron chi connectivity index (χ3n) is 3.50. The Balaban J connectivity index is 2.14. The molecule has 0 aliphatic carbocycles. The second-order valence-corrected chi connectivity index (χ2v) is 6.27. The van der Waals surface area contributed by atoms with Crippen LogP contribution in [0.5, 0.6) is 0 Å². The second kappa shape index (κ2) is 5.75. The van der Waals surface area contributed by atoms with Crippen LogP contribution in [-0.2, 0) is 4.79 Å². The zero-order valence-electron chi connectivity index (χ0n) is 11.7. The molecular formula is C14H18N2O3S. The highest BCUT2D eigenvalue weighted by atomic mass is 32.2. The fourth-order valence-electron chi connectivity index (χ4n) is 2.15. The maximum atomic E-state index is 12.3. The molecule has 1 fully saturated rings. The number of carbonyl (C=O) groups is 2. The van der Waals surface area contributed by atoms with E-state index in [4.69, 9.17) is 5.11 Å². The van der Waals surface area contributed by atoms with Crippen LogP contribution in [0.4, 0.5) is 10.5 Å². The minimum Gasteiger partial charge on any atom is -0.480 e. The Labute approximate surface area is 122 Å². The molecule has 6 heteroatoms. The molecule has 0 aromatic heterocycles. The highest BCUT2D eigenvalue weighted by molar-refractivity contribution is 8.00. The molecule has 1 aromatic carbocycles. The zero-order valence-corrected chi connectivity index (χ0v) is 12.5. The van der Waals surface area contributed by atoms with Crippen LogP contribution in [-0.4, -0.2) is 39.2 Å². The predicted molar refractivity (Wildman–Crippen MR) is 80.1 cm³/mol. The first-order chi connectivity index (χ1) is 9.40. The number of nitrogens with zero attached hydrogens (tertiary/aromatic N) is 1. The van der Waals surface area contributed by atoms with E-state index < -0.39 is 12.0 Å². The number of amides is 2. The second-order valence-electron chi connectivity index (χ2n) is 4.92. The highest BCUT2D eigenvalue weighted by Crippen LogP contribution is 2.29. The Morgan fingerprint density at radius 1 is 1.35 bits per heavy atom. The summed E-state index contributed by atoms with van der Waals surface area (Å²) in [5, 5.41) is 11.8. The quantitative estimate of drug-likeness (QED) is 0.880. The number of carboxylic acids is 1. The Bertz CT molecular complexity index is 547. The van der Waals surface area contributed by atoms with Gasteiger partial charge >= 0.3 is 12.0 Å². The van der Waals surface area contributed by atoms with E-state index in [1.807, 2.05) is 39.0 Å². The van der Waals surface area contributed by atoms with Gasteiger partial charge in [0.15, 0.2) is 0 Å². The number of aryl methyl sites for hydroxylation is 2. The van der Waals surface area contributed by atoms with Crippen molar-refractivity contribution in [3.8, 4) is 0 Å². The fourth-order valence-corrected chi connectivity index (χ4v) is 3.32. The topological polar surface area (TPSA) is 69.6 Å². The van der Waals surface area contributed by atoms with Crippen molar-refractivity contribution in [2.45, 2.75) is 32.2 Å². The van der Waals surface area contributed by atoms with E-state index in [1.165, 1.54) is 16.7 Å². The SMILES string of the molecule is Cc1ccc(NC(=O)N2C(C)SCC2C(=O)O)cc1C. The maximum Gasteiger partial charge on any atom is 0.327 e. The van der Waals surface area contributed by atoms with Crippen molar-refractivity contribution in [3.05, 3.63) is 29.3 Å². The van der Waals surface area contributed by atoms with Gasteiger partial charge in [0.05, 0.1) is 5.37 Å². The monoisotopic (exact) mass is 294 g/mol. The molecule has 2 atom stereocenters. The van der Waals surface area contributed by atoms with Crippen molar-refractivity contribution in [1.82, 2.24) is 4.90 Å². The molecule has 1 aliphatic rings. The molecule has 5 nitrogen and oxygen atoms in total. The van der Waals surface area contributed by atoms with E-state index in [1.54, 1.807) is 0 Å². The number of carboxylic acid groups (broad SMARTS) is 1. The summed E-state index contributed by atoms with van der Waals surface area (Å²) in [5.74, 6) is -0.534. The lowest BCUT2D eigenvalue weighted by Gasteiger charge is -2.25. The molecule has 2 amide bonds. The molecule has 1 saturated heterocycles. The third-order valence-corrected chi connectivity index (χ3v) is 4.72. The van der Waals surface area contributed by atoms with Crippen LogP contribution < -0.4 is 5.32 Å². The molecule has 108 valence electrons. The van der Waals surface area contributed by atoms with Gasteiger partial charge in [-0.2, -0.15) is 0 Å². The van der Waals surface area contributed by atoms with E-state index in [0.717, 1.165) is 11.1 Å². The summed E-state index contributed by atoms with van der Waals surface area (Å²) in [4.78, 5) is 24.8. The van der Waals surface area contributed by atoms with Crippen LogP contribution in [0.15, 0.2) is 18.2 Å². The molecule has 0 spiro atoms. The number of carbonyl (C=O) groups excluding carboxylic acids is 1. The average Bonchev–Trinajstić information content (AvgIpc) is 2.76. The summed E-state index contributed by atoms with van der Waals surface area (Å²) in [5.41, 5.74) is 2.92. The maximum absolute atomic E-state index is 12.3. The number of benzene rings is 1. The van der Waals surface area contributed by atoms with Crippen LogP contribution in [0.3, 0.4) is 0 Å². The number of anilines is 1. The molecular weight excluding hydrogens is 276 g/mol. The van der Waals surface area contributed by atoms with Crippen LogP contribution in [0.25, 0.3) is 0 Å². The molecule has 1 aromatic rings. The molecule has 2 rings (SSSR count). The lowest BCUT2D eigenvalue weighted by atomic mass is 10.1. The van der Waals surface area contributed by atoms with Crippen molar-refractivity contribution in [1.29, 1.82) is 0 Å². The molecule has 0 bridgehead atoms. The Hall–Kier alpha value is -1.69. The van der Waals surface area contributed by atoms with E-state index in [0.29, 0.717) is 11.4 Å². The molecule has 1 aliphatic heterocycles. The lowest BCUT2D eigenvalue weighted by Crippen LogP contribution is -2.46. The first kappa shape index (κ1) is 14.7. The minimum absolute atomic E-state index is 0.136. The summed E-state index contributed by atoms with van der Waals surface area (Å²) < 4.78 is 0. The number of thioether (sulfide) groups is 1. The van der Waals surface area contributed by atoms with Crippen molar-refractivity contribution in [3.63, 3.8) is 0 Å². The Morgan fingerprint density at radius 2 is 2.05 bits per heavy atom. The van der Waals surface area contributed by atoms with Crippen LogP contribution in [0, 0.1) is 13.8 Å². The number of rotatable bonds is 2. The molecule has 2 unspecified atom stereocenters. The van der Waals surface area contributed by atoms with Gasteiger partial charge in [0, 0.05) is 11.4 Å². The summed E-state index contributed by atoms with van der Waals surface area (Å²) >= 11 is 1.47. The summed E-state index contributed by atoms with van der Waals surface area (Å²) in [6.07, 6.45) is 0. The van der Waals surface area contributed by atoms with Gasteiger partial charge in [-0.05, 0) is 44.0 Å². The molecule has 0 radical (unpaired) electrons. The van der Waals surface area contributed by atoms with Crippen molar-refractivity contribution in [2.75, 3.05) is 11.1 Å². The first-order valence-electron chi connectivity index (χ1n) is 6.41. The van der Waals surface area contributed by atoms with Gasteiger partial charge in [-0.3, -0.25) is 4.90 Å².